The zero-order valence-corrected chi connectivity index (χ0v) is 18.1. The highest BCUT2D eigenvalue weighted by Gasteiger charge is 2.19. The van der Waals surface area contributed by atoms with Crippen molar-refractivity contribution < 1.29 is 0 Å². The SMILES string of the molecule is O=c1c2nnn(-c3ccccc3)c2nc(Sc2ccc(Cl)cc2)n1-c1ccc(Cl)cc1. The Morgan fingerprint density at radius 3 is 2.10 bits per heavy atom. The molecule has 9 heteroatoms. The normalized spacial score (nSPS) is 11.2. The molecular weight excluding hydrogens is 453 g/mol. The molecule has 2 aromatic heterocycles. The molecule has 0 aliphatic heterocycles. The van der Waals surface area contributed by atoms with Gasteiger partial charge in [-0.1, -0.05) is 58.4 Å². The lowest BCUT2D eigenvalue weighted by Gasteiger charge is -2.12. The summed E-state index contributed by atoms with van der Waals surface area (Å²) in [7, 11) is 0. The maximum atomic E-state index is 13.5. The minimum atomic E-state index is -0.314. The van der Waals surface area contributed by atoms with Gasteiger partial charge in [0.15, 0.2) is 16.3 Å². The predicted octanol–water partition coefficient (Wildman–Crippen LogP) is 5.42. The number of aromatic nitrogens is 5. The summed E-state index contributed by atoms with van der Waals surface area (Å²) in [6, 6.07) is 23.8. The molecule has 31 heavy (non-hydrogen) atoms. The molecular formula is C22H13Cl2N5OS. The third kappa shape index (κ3) is 3.83. The first kappa shape index (κ1) is 19.8. The maximum Gasteiger partial charge on any atom is 0.288 e. The van der Waals surface area contributed by atoms with Gasteiger partial charge in [-0.2, -0.15) is 4.68 Å². The van der Waals surface area contributed by atoms with Crippen molar-refractivity contribution in [3.63, 3.8) is 0 Å². The molecule has 0 N–H and O–H groups in total. The van der Waals surface area contributed by atoms with E-state index in [9.17, 15) is 4.79 Å². The molecule has 0 unspecified atom stereocenters. The quantitative estimate of drug-likeness (QED) is 0.331. The second-order valence-electron chi connectivity index (χ2n) is 6.58. The van der Waals surface area contributed by atoms with Gasteiger partial charge in [-0.3, -0.25) is 9.36 Å². The van der Waals surface area contributed by atoms with Gasteiger partial charge in [-0.05, 0) is 60.7 Å². The molecule has 6 nitrogen and oxygen atoms in total. The Bertz CT molecular complexity index is 1430. The third-order valence-electron chi connectivity index (χ3n) is 4.55. The molecule has 0 bridgehead atoms. The summed E-state index contributed by atoms with van der Waals surface area (Å²) < 4.78 is 3.08. The van der Waals surface area contributed by atoms with E-state index in [0.717, 1.165) is 10.6 Å². The lowest BCUT2D eigenvalue weighted by Crippen LogP contribution is -2.22. The number of para-hydroxylation sites is 1. The standard InChI is InChI=1S/C22H13Cl2N5OS/c23-14-6-10-16(11-7-14)28-21(30)19-20(29(27-26-19)17-4-2-1-3-5-17)25-22(28)31-18-12-8-15(24)9-13-18/h1-13H. The van der Waals surface area contributed by atoms with Crippen LogP contribution in [-0.4, -0.2) is 24.5 Å². The smallest absolute Gasteiger partial charge is 0.266 e. The van der Waals surface area contributed by atoms with Gasteiger partial charge in [-0.15, -0.1) is 5.10 Å². The van der Waals surface area contributed by atoms with E-state index in [0.29, 0.717) is 26.5 Å². The zero-order valence-electron chi connectivity index (χ0n) is 15.8. The topological polar surface area (TPSA) is 65.6 Å². The largest absolute Gasteiger partial charge is 0.288 e. The van der Waals surface area contributed by atoms with Gasteiger partial charge in [0.05, 0.1) is 11.4 Å². The summed E-state index contributed by atoms with van der Waals surface area (Å²) >= 11 is 13.4. The van der Waals surface area contributed by atoms with Crippen molar-refractivity contribution in [3.8, 4) is 11.4 Å². The minimum Gasteiger partial charge on any atom is -0.266 e. The molecule has 5 aromatic rings. The average molecular weight is 466 g/mol. The molecule has 5 rings (SSSR count). The molecule has 0 aliphatic rings. The first-order chi connectivity index (χ1) is 15.1. The van der Waals surface area contributed by atoms with Gasteiger partial charge < -0.3 is 0 Å². The fourth-order valence-electron chi connectivity index (χ4n) is 3.09. The number of benzene rings is 3. The number of fused-ring (bicyclic) bond motifs is 1. The van der Waals surface area contributed by atoms with Crippen LogP contribution in [0.2, 0.25) is 10.0 Å². The zero-order chi connectivity index (χ0) is 21.4. The Labute approximate surface area is 191 Å². The van der Waals surface area contributed by atoms with Crippen LogP contribution in [0.4, 0.5) is 0 Å². The molecule has 0 spiro atoms. The van der Waals surface area contributed by atoms with Crippen LogP contribution in [0.15, 0.2) is 93.7 Å². The number of halogens is 2. The first-order valence-electron chi connectivity index (χ1n) is 9.23. The Hall–Kier alpha value is -3.13. The number of hydrogen-bond donors (Lipinski definition) is 0. The fraction of sp³-hybridized carbons (Fsp3) is 0. The van der Waals surface area contributed by atoms with Crippen LogP contribution in [0.3, 0.4) is 0 Å². The maximum absolute atomic E-state index is 13.5. The van der Waals surface area contributed by atoms with Crippen LogP contribution in [0, 0.1) is 0 Å². The van der Waals surface area contributed by atoms with Gasteiger partial charge in [0.1, 0.15) is 0 Å². The highest BCUT2D eigenvalue weighted by atomic mass is 35.5. The van der Waals surface area contributed by atoms with Gasteiger partial charge in [-0.25, -0.2) is 4.98 Å². The van der Waals surface area contributed by atoms with Crippen molar-refractivity contribution in [3.05, 3.63) is 99.3 Å². The predicted molar refractivity (Wildman–Crippen MR) is 123 cm³/mol. The van der Waals surface area contributed by atoms with E-state index in [2.05, 4.69) is 10.3 Å². The van der Waals surface area contributed by atoms with Crippen molar-refractivity contribution in [2.24, 2.45) is 0 Å². The lowest BCUT2D eigenvalue weighted by atomic mass is 10.3. The van der Waals surface area contributed by atoms with Crippen molar-refractivity contribution in [1.29, 1.82) is 0 Å². The van der Waals surface area contributed by atoms with Gasteiger partial charge in [0, 0.05) is 14.9 Å². The molecule has 152 valence electrons. The van der Waals surface area contributed by atoms with Crippen molar-refractivity contribution in [1.82, 2.24) is 24.5 Å². The van der Waals surface area contributed by atoms with E-state index in [4.69, 9.17) is 28.2 Å². The summed E-state index contributed by atoms with van der Waals surface area (Å²) in [6.07, 6.45) is 0. The molecule has 0 fully saturated rings. The first-order valence-corrected chi connectivity index (χ1v) is 10.8. The fourth-order valence-corrected chi connectivity index (χ4v) is 4.23. The summed E-state index contributed by atoms with van der Waals surface area (Å²) in [6.45, 7) is 0. The van der Waals surface area contributed by atoms with E-state index >= 15 is 0 Å². The molecule has 0 saturated heterocycles. The minimum absolute atomic E-state index is 0.180. The number of nitrogens with zero attached hydrogens (tertiary/aromatic N) is 5. The Balaban J connectivity index is 1.75. The molecule has 0 radical (unpaired) electrons. The monoisotopic (exact) mass is 465 g/mol. The van der Waals surface area contributed by atoms with Crippen molar-refractivity contribution >= 4 is 46.1 Å². The third-order valence-corrected chi connectivity index (χ3v) is 6.02. The van der Waals surface area contributed by atoms with Gasteiger partial charge in [0.25, 0.3) is 5.56 Å². The molecule has 0 atom stereocenters. The summed E-state index contributed by atoms with van der Waals surface area (Å²) in [5, 5.41) is 9.98. The molecule has 0 saturated carbocycles. The van der Waals surface area contributed by atoms with Crippen LogP contribution >= 0.6 is 35.0 Å². The van der Waals surface area contributed by atoms with Crippen LogP contribution in [0.25, 0.3) is 22.5 Å². The molecule has 0 amide bonds. The Morgan fingerprint density at radius 2 is 1.42 bits per heavy atom. The highest BCUT2D eigenvalue weighted by Crippen LogP contribution is 2.29. The summed E-state index contributed by atoms with van der Waals surface area (Å²) in [4.78, 5) is 19.1. The van der Waals surface area contributed by atoms with Gasteiger partial charge in [0.2, 0.25) is 0 Å². The molecule has 3 aromatic carbocycles. The van der Waals surface area contributed by atoms with E-state index in [1.54, 1.807) is 41.1 Å². The van der Waals surface area contributed by atoms with E-state index < -0.39 is 0 Å². The number of rotatable bonds is 4. The average Bonchev–Trinajstić information content (AvgIpc) is 3.21. The Morgan fingerprint density at radius 1 is 0.774 bits per heavy atom. The summed E-state index contributed by atoms with van der Waals surface area (Å²) in [5.74, 6) is 0. The van der Waals surface area contributed by atoms with E-state index in [1.165, 1.54) is 16.3 Å². The van der Waals surface area contributed by atoms with E-state index in [-0.39, 0.29) is 11.1 Å². The Kier molecular flexibility index (Phi) is 5.23. The van der Waals surface area contributed by atoms with Crippen molar-refractivity contribution in [2.75, 3.05) is 0 Å². The molecule has 0 aliphatic carbocycles. The second kappa shape index (κ2) is 8.19. The second-order valence-corrected chi connectivity index (χ2v) is 8.49. The summed E-state index contributed by atoms with van der Waals surface area (Å²) in [5.41, 5.74) is 1.65. The van der Waals surface area contributed by atoms with Crippen LogP contribution in [0.5, 0.6) is 0 Å². The van der Waals surface area contributed by atoms with E-state index in [1.807, 2.05) is 42.5 Å². The van der Waals surface area contributed by atoms with Gasteiger partial charge >= 0.3 is 0 Å². The van der Waals surface area contributed by atoms with Crippen LogP contribution < -0.4 is 5.56 Å². The van der Waals surface area contributed by atoms with Crippen LogP contribution in [-0.2, 0) is 0 Å². The molecule has 2 heterocycles. The number of hydrogen-bond acceptors (Lipinski definition) is 5. The van der Waals surface area contributed by atoms with Crippen LogP contribution in [0.1, 0.15) is 0 Å². The van der Waals surface area contributed by atoms with Crippen molar-refractivity contribution in [2.45, 2.75) is 10.1 Å². The highest BCUT2D eigenvalue weighted by molar-refractivity contribution is 7.99. The lowest BCUT2D eigenvalue weighted by molar-refractivity contribution is 0.794.